The molecular formula is C16H28N2. The van der Waals surface area contributed by atoms with Crippen LogP contribution in [0.3, 0.4) is 0 Å². The minimum Gasteiger partial charge on any atom is -0.313 e. The monoisotopic (exact) mass is 248 g/mol. The van der Waals surface area contributed by atoms with Crippen molar-refractivity contribution in [3.8, 4) is 0 Å². The Balaban J connectivity index is 2.30. The molecule has 0 saturated heterocycles. The summed E-state index contributed by atoms with van der Waals surface area (Å²) >= 11 is 0. The Bertz CT molecular complexity index is 358. The minimum atomic E-state index is 0.525. The van der Waals surface area contributed by atoms with E-state index in [0.29, 0.717) is 12.1 Å². The highest BCUT2D eigenvalue weighted by molar-refractivity contribution is 5.30. The first-order chi connectivity index (χ1) is 8.49. The van der Waals surface area contributed by atoms with Crippen LogP contribution in [0.4, 0.5) is 0 Å². The van der Waals surface area contributed by atoms with E-state index in [9.17, 15) is 0 Å². The van der Waals surface area contributed by atoms with Gasteiger partial charge in [0.25, 0.3) is 0 Å². The quantitative estimate of drug-likeness (QED) is 0.775. The van der Waals surface area contributed by atoms with Crippen molar-refractivity contribution >= 4 is 0 Å². The van der Waals surface area contributed by atoms with E-state index < -0.39 is 0 Å². The topological polar surface area (TPSA) is 24.1 Å². The number of nitrogens with one attached hydrogen (secondary N) is 2. The predicted octanol–water partition coefficient (Wildman–Crippen LogP) is 2.82. The van der Waals surface area contributed by atoms with Gasteiger partial charge < -0.3 is 10.6 Å². The largest absolute Gasteiger partial charge is 0.313 e. The molecule has 0 amide bonds. The molecule has 0 spiro atoms. The predicted molar refractivity (Wildman–Crippen MR) is 80.2 cm³/mol. The smallest absolute Gasteiger partial charge is 0.0164 e. The molecule has 0 saturated carbocycles. The van der Waals surface area contributed by atoms with Crippen LogP contribution in [-0.4, -0.2) is 25.2 Å². The highest BCUT2D eigenvalue weighted by Gasteiger charge is 2.03. The highest BCUT2D eigenvalue weighted by Crippen LogP contribution is 2.10. The van der Waals surface area contributed by atoms with Crippen LogP contribution in [0.1, 0.15) is 37.5 Å². The van der Waals surface area contributed by atoms with E-state index in [1.54, 1.807) is 0 Å². The molecule has 1 aromatic rings. The molecular weight excluding hydrogens is 220 g/mol. The first kappa shape index (κ1) is 15.2. The van der Waals surface area contributed by atoms with E-state index in [2.05, 4.69) is 63.5 Å². The zero-order valence-corrected chi connectivity index (χ0v) is 12.5. The molecule has 102 valence electrons. The van der Waals surface area contributed by atoms with Gasteiger partial charge >= 0.3 is 0 Å². The number of hydrogen-bond acceptors (Lipinski definition) is 2. The maximum absolute atomic E-state index is 3.57. The van der Waals surface area contributed by atoms with Crippen molar-refractivity contribution in [1.82, 2.24) is 10.6 Å². The van der Waals surface area contributed by atoms with Crippen molar-refractivity contribution in [2.45, 2.75) is 53.1 Å². The third kappa shape index (κ3) is 5.65. The molecule has 2 N–H and O–H groups in total. The van der Waals surface area contributed by atoms with Crippen LogP contribution in [-0.2, 0) is 6.42 Å². The second kappa shape index (κ2) is 7.55. The molecule has 2 heteroatoms. The van der Waals surface area contributed by atoms with Gasteiger partial charge in [-0.1, -0.05) is 37.6 Å². The summed E-state index contributed by atoms with van der Waals surface area (Å²) in [7, 11) is 0. The van der Waals surface area contributed by atoms with Gasteiger partial charge in [0.1, 0.15) is 0 Å². The van der Waals surface area contributed by atoms with Gasteiger partial charge in [-0.05, 0) is 44.9 Å². The van der Waals surface area contributed by atoms with E-state index in [1.807, 2.05) is 0 Å². The Morgan fingerprint density at radius 3 is 2.44 bits per heavy atom. The number of hydrogen-bond donors (Lipinski definition) is 2. The fourth-order valence-electron chi connectivity index (χ4n) is 2.01. The molecule has 0 heterocycles. The molecule has 0 radical (unpaired) electrons. The molecule has 0 fully saturated rings. The van der Waals surface area contributed by atoms with Gasteiger partial charge in [0.05, 0.1) is 0 Å². The van der Waals surface area contributed by atoms with Gasteiger partial charge in [-0.3, -0.25) is 0 Å². The van der Waals surface area contributed by atoms with Crippen molar-refractivity contribution in [2.24, 2.45) is 0 Å². The second-order valence-electron chi connectivity index (χ2n) is 5.60. The number of benzene rings is 1. The summed E-state index contributed by atoms with van der Waals surface area (Å²) in [6.45, 7) is 13.0. The van der Waals surface area contributed by atoms with Crippen molar-refractivity contribution in [3.63, 3.8) is 0 Å². The summed E-state index contributed by atoms with van der Waals surface area (Å²) in [4.78, 5) is 0. The molecule has 0 aliphatic rings. The zero-order chi connectivity index (χ0) is 13.5. The average molecular weight is 248 g/mol. The molecule has 1 atom stereocenters. The summed E-state index contributed by atoms with van der Waals surface area (Å²) < 4.78 is 0. The molecule has 0 aliphatic carbocycles. The Kier molecular flexibility index (Phi) is 6.37. The SMILES string of the molecule is Cc1ccc(C)c(CCNC(C)CNC(C)C)c1. The van der Waals surface area contributed by atoms with E-state index in [4.69, 9.17) is 0 Å². The minimum absolute atomic E-state index is 0.525. The fraction of sp³-hybridized carbons (Fsp3) is 0.625. The van der Waals surface area contributed by atoms with Gasteiger partial charge in [-0.2, -0.15) is 0 Å². The van der Waals surface area contributed by atoms with Crippen molar-refractivity contribution < 1.29 is 0 Å². The lowest BCUT2D eigenvalue weighted by Crippen LogP contribution is -2.39. The number of aryl methyl sites for hydroxylation is 2. The van der Waals surface area contributed by atoms with Gasteiger partial charge in [0.2, 0.25) is 0 Å². The van der Waals surface area contributed by atoms with Gasteiger partial charge in [-0.25, -0.2) is 0 Å². The number of rotatable bonds is 7. The van der Waals surface area contributed by atoms with Gasteiger partial charge in [-0.15, -0.1) is 0 Å². The lowest BCUT2D eigenvalue weighted by molar-refractivity contribution is 0.476. The molecule has 0 aliphatic heterocycles. The van der Waals surface area contributed by atoms with Crippen molar-refractivity contribution in [3.05, 3.63) is 34.9 Å². The molecule has 1 rings (SSSR count). The molecule has 2 nitrogen and oxygen atoms in total. The summed E-state index contributed by atoms with van der Waals surface area (Å²) in [5, 5.41) is 7.02. The summed E-state index contributed by atoms with van der Waals surface area (Å²) in [5.41, 5.74) is 4.21. The van der Waals surface area contributed by atoms with Crippen molar-refractivity contribution in [1.29, 1.82) is 0 Å². The lowest BCUT2D eigenvalue weighted by atomic mass is 10.0. The standard InChI is InChI=1S/C16H28N2/c1-12(2)18-11-15(5)17-9-8-16-10-13(3)6-7-14(16)4/h6-7,10,12,15,17-18H,8-9,11H2,1-5H3. The zero-order valence-electron chi connectivity index (χ0n) is 12.5. The molecule has 18 heavy (non-hydrogen) atoms. The fourth-order valence-corrected chi connectivity index (χ4v) is 2.01. The maximum atomic E-state index is 3.57. The van der Waals surface area contributed by atoms with Crippen molar-refractivity contribution in [2.75, 3.05) is 13.1 Å². The average Bonchev–Trinajstić information content (AvgIpc) is 2.31. The van der Waals surface area contributed by atoms with E-state index >= 15 is 0 Å². The highest BCUT2D eigenvalue weighted by atomic mass is 15.0. The van der Waals surface area contributed by atoms with Crippen LogP contribution in [0.5, 0.6) is 0 Å². The molecule has 0 aromatic heterocycles. The second-order valence-corrected chi connectivity index (χ2v) is 5.60. The Labute approximate surface area is 112 Å². The van der Waals surface area contributed by atoms with E-state index in [1.165, 1.54) is 16.7 Å². The molecule has 1 aromatic carbocycles. The Hall–Kier alpha value is -0.860. The van der Waals surface area contributed by atoms with E-state index in [0.717, 1.165) is 19.5 Å². The van der Waals surface area contributed by atoms with Crippen LogP contribution in [0, 0.1) is 13.8 Å². The third-order valence-corrected chi connectivity index (χ3v) is 3.22. The van der Waals surface area contributed by atoms with Gasteiger partial charge in [0, 0.05) is 18.6 Å². The summed E-state index contributed by atoms with van der Waals surface area (Å²) in [5.74, 6) is 0. The Morgan fingerprint density at radius 2 is 1.78 bits per heavy atom. The summed E-state index contributed by atoms with van der Waals surface area (Å²) in [6, 6.07) is 7.79. The Morgan fingerprint density at radius 1 is 1.06 bits per heavy atom. The van der Waals surface area contributed by atoms with Crippen LogP contribution in [0.15, 0.2) is 18.2 Å². The van der Waals surface area contributed by atoms with Crippen LogP contribution >= 0.6 is 0 Å². The normalized spacial score (nSPS) is 13.0. The first-order valence-corrected chi connectivity index (χ1v) is 7.02. The third-order valence-electron chi connectivity index (χ3n) is 3.22. The van der Waals surface area contributed by atoms with Crippen LogP contribution in [0.25, 0.3) is 0 Å². The summed E-state index contributed by atoms with van der Waals surface area (Å²) in [6.07, 6.45) is 1.11. The molecule has 1 unspecified atom stereocenters. The van der Waals surface area contributed by atoms with Gasteiger partial charge in [0.15, 0.2) is 0 Å². The van der Waals surface area contributed by atoms with Crippen LogP contribution < -0.4 is 10.6 Å². The van der Waals surface area contributed by atoms with Crippen LogP contribution in [0.2, 0.25) is 0 Å². The lowest BCUT2D eigenvalue weighted by Gasteiger charge is -2.17. The molecule has 0 bridgehead atoms. The van der Waals surface area contributed by atoms with E-state index in [-0.39, 0.29) is 0 Å². The maximum Gasteiger partial charge on any atom is 0.0164 e. The first-order valence-electron chi connectivity index (χ1n) is 7.02.